The quantitative estimate of drug-likeness (QED) is 0.361. The van der Waals surface area contributed by atoms with E-state index < -0.39 is 0 Å². The van der Waals surface area contributed by atoms with Crippen LogP contribution in [-0.4, -0.2) is 16.7 Å². The van der Waals surface area contributed by atoms with Gasteiger partial charge < -0.3 is 4.74 Å². The summed E-state index contributed by atoms with van der Waals surface area (Å²) in [5.41, 5.74) is 2.14. The van der Waals surface area contributed by atoms with E-state index in [0.29, 0.717) is 27.5 Å². The van der Waals surface area contributed by atoms with Crippen LogP contribution in [0.1, 0.15) is 5.56 Å². The van der Waals surface area contributed by atoms with Gasteiger partial charge in [0.2, 0.25) is 0 Å². The normalized spacial score (nSPS) is 10.9. The summed E-state index contributed by atoms with van der Waals surface area (Å²) in [6.45, 7) is 0. The number of hydrogen-bond donors (Lipinski definition) is 0. The Labute approximate surface area is 165 Å². The van der Waals surface area contributed by atoms with Crippen LogP contribution >= 0.6 is 11.8 Å². The topological polar surface area (TPSA) is 44.1 Å². The lowest BCUT2D eigenvalue weighted by Crippen LogP contribution is -2.21. The molecule has 0 spiro atoms. The van der Waals surface area contributed by atoms with E-state index in [9.17, 15) is 9.18 Å². The third kappa shape index (κ3) is 3.64. The van der Waals surface area contributed by atoms with E-state index in [-0.39, 0.29) is 11.4 Å². The fraction of sp³-hybridized carbons (Fsp3) is 0.0909. The monoisotopic (exact) mass is 392 g/mol. The molecule has 0 unspecified atom stereocenters. The van der Waals surface area contributed by atoms with Crippen LogP contribution in [0.3, 0.4) is 0 Å². The number of para-hydroxylation sites is 1. The summed E-state index contributed by atoms with van der Waals surface area (Å²) in [5.74, 6) is 1.08. The Hall–Kier alpha value is -3.12. The predicted molar refractivity (Wildman–Crippen MR) is 110 cm³/mol. The predicted octanol–water partition coefficient (Wildman–Crippen LogP) is 4.83. The van der Waals surface area contributed by atoms with E-state index in [1.54, 1.807) is 25.3 Å². The number of ether oxygens (including phenoxy) is 1. The number of aromatic nitrogens is 2. The highest BCUT2D eigenvalue weighted by molar-refractivity contribution is 7.98. The van der Waals surface area contributed by atoms with Crippen molar-refractivity contribution in [3.05, 3.63) is 94.5 Å². The molecule has 0 amide bonds. The molecule has 4 aromatic rings. The molecule has 1 heterocycles. The lowest BCUT2D eigenvalue weighted by Gasteiger charge is -2.13. The van der Waals surface area contributed by atoms with Gasteiger partial charge in [0, 0.05) is 5.75 Å². The molecule has 140 valence electrons. The maximum atomic E-state index is 13.4. The molecule has 28 heavy (non-hydrogen) atoms. The highest BCUT2D eigenvalue weighted by Gasteiger charge is 2.13. The number of methoxy groups -OCH3 is 1. The lowest BCUT2D eigenvalue weighted by atomic mass is 10.2. The van der Waals surface area contributed by atoms with Gasteiger partial charge in [0.1, 0.15) is 11.6 Å². The molecular formula is C22H17FN2O2S. The highest BCUT2D eigenvalue weighted by Crippen LogP contribution is 2.25. The first kappa shape index (κ1) is 18.3. The fourth-order valence-electron chi connectivity index (χ4n) is 2.90. The van der Waals surface area contributed by atoms with Crippen molar-refractivity contribution >= 4 is 22.7 Å². The van der Waals surface area contributed by atoms with Gasteiger partial charge >= 0.3 is 0 Å². The Morgan fingerprint density at radius 3 is 2.43 bits per heavy atom. The highest BCUT2D eigenvalue weighted by atomic mass is 32.2. The van der Waals surface area contributed by atoms with Gasteiger partial charge in [-0.2, -0.15) is 0 Å². The Bertz CT molecular complexity index is 1170. The number of thioether (sulfide) groups is 1. The number of halogens is 1. The first-order valence-corrected chi connectivity index (χ1v) is 9.68. The van der Waals surface area contributed by atoms with Crippen LogP contribution in [0.15, 0.2) is 82.7 Å². The number of hydrogen-bond acceptors (Lipinski definition) is 4. The zero-order valence-corrected chi connectivity index (χ0v) is 15.9. The van der Waals surface area contributed by atoms with E-state index in [1.165, 1.54) is 28.5 Å². The van der Waals surface area contributed by atoms with Crippen LogP contribution in [-0.2, 0) is 5.75 Å². The number of fused-ring (bicyclic) bond motifs is 1. The summed E-state index contributed by atoms with van der Waals surface area (Å²) in [7, 11) is 1.63. The Balaban J connectivity index is 1.77. The van der Waals surface area contributed by atoms with Crippen LogP contribution < -0.4 is 10.3 Å². The average Bonchev–Trinajstić information content (AvgIpc) is 2.74. The molecule has 0 N–H and O–H groups in total. The van der Waals surface area contributed by atoms with Gasteiger partial charge in [-0.3, -0.25) is 9.36 Å². The maximum Gasteiger partial charge on any atom is 0.266 e. The minimum absolute atomic E-state index is 0.172. The third-order valence-electron chi connectivity index (χ3n) is 4.36. The van der Waals surface area contributed by atoms with Gasteiger partial charge in [-0.1, -0.05) is 36.0 Å². The molecule has 4 rings (SSSR count). The summed E-state index contributed by atoms with van der Waals surface area (Å²) in [4.78, 5) is 17.8. The first-order chi connectivity index (χ1) is 13.7. The number of nitrogens with zero attached hydrogens (tertiary/aromatic N) is 2. The van der Waals surface area contributed by atoms with Crippen LogP contribution in [0, 0.1) is 5.82 Å². The summed E-state index contributed by atoms with van der Waals surface area (Å²) in [6, 6.07) is 20.9. The molecule has 1 aromatic heterocycles. The van der Waals surface area contributed by atoms with E-state index in [1.807, 2.05) is 42.5 Å². The number of rotatable bonds is 5. The zero-order chi connectivity index (χ0) is 19.5. The van der Waals surface area contributed by atoms with Crippen molar-refractivity contribution in [1.82, 2.24) is 9.55 Å². The van der Waals surface area contributed by atoms with Crippen LogP contribution in [0.5, 0.6) is 5.75 Å². The second-order valence-corrected chi connectivity index (χ2v) is 7.11. The summed E-state index contributed by atoms with van der Waals surface area (Å²) < 4.78 is 20.1. The molecule has 0 atom stereocenters. The van der Waals surface area contributed by atoms with Crippen molar-refractivity contribution in [2.24, 2.45) is 0 Å². The summed E-state index contributed by atoms with van der Waals surface area (Å²) in [5, 5.41) is 1.09. The standard InChI is InChI=1S/C22H17FN2O2S/c1-27-18-12-6-15(7-13-18)14-28-22-24-20-5-3-2-4-19(20)21(26)25(22)17-10-8-16(23)9-11-17/h2-13H,14H2,1H3. The van der Waals surface area contributed by atoms with Crippen LogP contribution in [0.2, 0.25) is 0 Å². The molecule has 0 radical (unpaired) electrons. The SMILES string of the molecule is COc1ccc(CSc2nc3ccccc3c(=O)n2-c2ccc(F)cc2)cc1. The second-order valence-electron chi connectivity index (χ2n) is 6.17. The molecule has 4 nitrogen and oxygen atoms in total. The Morgan fingerprint density at radius 2 is 1.71 bits per heavy atom. The van der Waals surface area contributed by atoms with Crippen LogP contribution in [0.25, 0.3) is 16.6 Å². The molecule has 0 saturated heterocycles. The molecule has 0 fully saturated rings. The molecule has 0 bridgehead atoms. The van der Waals surface area contributed by atoms with Gasteiger partial charge in [-0.05, 0) is 54.1 Å². The summed E-state index contributed by atoms with van der Waals surface area (Å²) >= 11 is 1.46. The van der Waals surface area contributed by atoms with Gasteiger partial charge in [0.15, 0.2) is 5.16 Å². The lowest BCUT2D eigenvalue weighted by molar-refractivity contribution is 0.414. The first-order valence-electron chi connectivity index (χ1n) is 8.69. The van der Waals surface area contributed by atoms with Gasteiger partial charge in [0.05, 0.1) is 23.7 Å². The third-order valence-corrected chi connectivity index (χ3v) is 5.37. The van der Waals surface area contributed by atoms with Crippen molar-refractivity contribution in [3.63, 3.8) is 0 Å². The van der Waals surface area contributed by atoms with Crippen molar-refractivity contribution < 1.29 is 9.13 Å². The van der Waals surface area contributed by atoms with E-state index >= 15 is 0 Å². The Kier molecular flexibility index (Phi) is 5.12. The van der Waals surface area contributed by atoms with Crippen molar-refractivity contribution in [1.29, 1.82) is 0 Å². The molecule has 0 aliphatic carbocycles. The minimum atomic E-state index is -0.349. The maximum absolute atomic E-state index is 13.4. The van der Waals surface area contributed by atoms with Crippen molar-refractivity contribution in [3.8, 4) is 11.4 Å². The van der Waals surface area contributed by atoms with Crippen LogP contribution in [0.4, 0.5) is 4.39 Å². The summed E-state index contributed by atoms with van der Waals surface area (Å²) in [6.07, 6.45) is 0. The van der Waals surface area contributed by atoms with Gasteiger partial charge in [-0.25, -0.2) is 9.37 Å². The molecule has 6 heteroatoms. The molecule has 0 aliphatic rings. The molecule has 3 aromatic carbocycles. The molecule has 0 aliphatic heterocycles. The van der Waals surface area contributed by atoms with Crippen molar-refractivity contribution in [2.75, 3.05) is 7.11 Å². The van der Waals surface area contributed by atoms with Gasteiger partial charge in [-0.15, -0.1) is 0 Å². The minimum Gasteiger partial charge on any atom is -0.497 e. The zero-order valence-electron chi connectivity index (χ0n) is 15.1. The second kappa shape index (κ2) is 7.86. The fourth-order valence-corrected chi connectivity index (χ4v) is 3.87. The molecular weight excluding hydrogens is 375 g/mol. The van der Waals surface area contributed by atoms with Gasteiger partial charge in [0.25, 0.3) is 5.56 Å². The van der Waals surface area contributed by atoms with E-state index in [4.69, 9.17) is 9.72 Å². The largest absolute Gasteiger partial charge is 0.497 e. The smallest absolute Gasteiger partial charge is 0.266 e. The van der Waals surface area contributed by atoms with Crippen molar-refractivity contribution in [2.45, 2.75) is 10.9 Å². The Morgan fingerprint density at radius 1 is 1.00 bits per heavy atom. The van der Waals surface area contributed by atoms with E-state index in [0.717, 1.165) is 11.3 Å². The average molecular weight is 392 g/mol. The molecule has 0 saturated carbocycles. The van der Waals surface area contributed by atoms with E-state index in [2.05, 4.69) is 0 Å². The number of benzene rings is 3.